The second-order valence-electron chi connectivity index (χ2n) is 4.74. The molecule has 1 aromatic heterocycles. The fraction of sp³-hybridized carbons (Fsp3) is 0.133. The maximum Gasteiger partial charge on any atom is 0.416 e. The Morgan fingerprint density at radius 3 is 2.72 bits per heavy atom. The smallest absolute Gasteiger partial charge is 0.416 e. The fourth-order valence-corrected chi connectivity index (χ4v) is 3.26. The summed E-state index contributed by atoms with van der Waals surface area (Å²) in [6.07, 6.45) is -2.73. The maximum atomic E-state index is 13.0. The minimum Gasteiger partial charge on any atom is -0.465 e. The molecule has 0 aliphatic heterocycles. The normalized spacial score (nSPS) is 11.2. The molecule has 1 amide bonds. The number of carbonyl (C=O) groups is 2. The number of amides is 1. The van der Waals surface area contributed by atoms with Crippen molar-refractivity contribution < 1.29 is 27.9 Å². The summed E-state index contributed by atoms with van der Waals surface area (Å²) in [7, 11) is 0. The number of nitrogens with zero attached hydrogens (tertiary/aromatic N) is 1. The number of aromatic nitrogens is 1. The monoisotopic (exact) mass is 390 g/mol. The number of rotatable bonds is 5. The van der Waals surface area contributed by atoms with Crippen LogP contribution in [0.25, 0.3) is 0 Å². The van der Waals surface area contributed by atoms with Crippen LogP contribution in [-0.2, 0) is 12.7 Å². The van der Waals surface area contributed by atoms with Crippen LogP contribution in [-0.4, -0.2) is 22.5 Å². The topological polar surface area (TPSA) is 79.3 Å². The standard InChI is InChI=1S/C15H10ClF3N2O3S/c16-11-4-10(15(17,18)19)3-8(6-21-14(23)24)13(11)25-12-1-2-20-5-9(12)7-22/h1-5,7,21H,6H2,(H,23,24). The quantitative estimate of drug-likeness (QED) is 0.735. The number of aldehydes is 1. The van der Waals surface area contributed by atoms with Crippen molar-refractivity contribution in [3.05, 3.63) is 52.3 Å². The molecule has 0 atom stereocenters. The molecule has 2 N–H and O–H groups in total. The van der Waals surface area contributed by atoms with Gasteiger partial charge in [-0.25, -0.2) is 4.79 Å². The molecule has 25 heavy (non-hydrogen) atoms. The molecule has 0 fully saturated rings. The van der Waals surface area contributed by atoms with Gasteiger partial charge in [-0.3, -0.25) is 9.78 Å². The first-order chi connectivity index (χ1) is 11.7. The summed E-state index contributed by atoms with van der Waals surface area (Å²) in [5.41, 5.74) is -0.712. The van der Waals surface area contributed by atoms with E-state index in [9.17, 15) is 22.8 Å². The van der Waals surface area contributed by atoms with Gasteiger partial charge in [-0.2, -0.15) is 13.2 Å². The number of nitrogens with one attached hydrogen (secondary N) is 1. The van der Waals surface area contributed by atoms with Crippen LogP contribution in [0.15, 0.2) is 40.4 Å². The Labute approximate surface area is 149 Å². The minimum absolute atomic E-state index is 0.0425. The van der Waals surface area contributed by atoms with Crippen LogP contribution >= 0.6 is 23.4 Å². The Bertz CT molecular complexity index is 815. The van der Waals surface area contributed by atoms with Crippen molar-refractivity contribution in [1.29, 1.82) is 0 Å². The third-order valence-corrected chi connectivity index (χ3v) is 4.72. The van der Waals surface area contributed by atoms with Gasteiger partial charge in [0.15, 0.2) is 6.29 Å². The zero-order chi connectivity index (χ0) is 18.6. The highest BCUT2D eigenvalue weighted by molar-refractivity contribution is 7.99. The number of carboxylic acid groups (broad SMARTS) is 1. The van der Waals surface area contributed by atoms with E-state index in [0.29, 0.717) is 11.2 Å². The van der Waals surface area contributed by atoms with E-state index >= 15 is 0 Å². The molecular formula is C15H10ClF3N2O3S. The molecule has 5 nitrogen and oxygen atoms in total. The van der Waals surface area contributed by atoms with Crippen LogP contribution in [0, 0.1) is 0 Å². The van der Waals surface area contributed by atoms with E-state index < -0.39 is 17.8 Å². The SMILES string of the molecule is O=Cc1cnccc1Sc1c(Cl)cc(C(F)(F)F)cc1CNC(=O)O. The minimum atomic E-state index is -4.63. The third kappa shape index (κ3) is 4.86. The number of pyridine rings is 1. The van der Waals surface area contributed by atoms with Crippen molar-refractivity contribution in [3.63, 3.8) is 0 Å². The molecule has 0 bridgehead atoms. The van der Waals surface area contributed by atoms with Gasteiger partial charge in [-0.1, -0.05) is 23.4 Å². The Kier molecular flexibility index (Phi) is 5.91. The molecular weight excluding hydrogens is 381 g/mol. The van der Waals surface area contributed by atoms with Crippen LogP contribution in [0.3, 0.4) is 0 Å². The largest absolute Gasteiger partial charge is 0.465 e. The molecule has 1 aromatic carbocycles. The molecule has 0 unspecified atom stereocenters. The molecule has 0 aliphatic carbocycles. The first-order valence-electron chi connectivity index (χ1n) is 6.66. The van der Waals surface area contributed by atoms with E-state index in [0.717, 1.165) is 23.9 Å². The van der Waals surface area contributed by atoms with E-state index in [1.807, 2.05) is 5.32 Å². The summed E-state index contributed by atoms with van der Waals surface area (Å²) >= 11 is 6.96. The summed E-state index contributed by atoms with van der Waals surface area (Å²) in [6.45, 7) is -0.372. The van der Waals surface area contributed by atoms with Crippen molar-refractivity contribution in [2.24, 2.45) is 0 Å². The highest BCUT2D eigenvalue weighted by Crippen LogP contribution is 2.41. The predicted molar refractivity (Wildman–Crippen MR) is 85.1 cm³/mol. The average Bonchev–Trinajstić information content (AvgIpc) is 2.54. The van der Waals surface area contributed by atoms with Gasteiger partial charge in [0, 0.05) is 34.3 Å². The highest BCUT2D eigenvalue weighted by atomic mass is 35.5. The number of hydrogen-bond acceptors (Lipinski definition) is 4. The van der Waals surface area contributed by atoms with Gasteiger partial charge in [-0.05, 0) is 23.8 Å². The number of carbonyl (C=O) groups excluding carboxylic acids is 1. The third-order valence-electron chi connectivity index (χ3n) is 3.03. The highest BCUT2D eigenvalue weighted by Gasteiger charge is 2.32. The van der Waals surface area contributed by atoms with Crippen LogP contribution in [0.1, 0.15) is 21.5 Å². The Morgan fingerprint density at radius 2 is 2.12 bits per heavy atom. The lowest BCUT2D eigenvalue weighted by Crippen LogP contribution is -2.21. The van der Waals surface area contributed by atoms with Crippen LogP contribution in [0.4, 0.5) is 18.0 Å². The number of hydrogen-bond donors (Lipinski definition) is 2. The summed E-state index contributed by atoms with van der Waals surface area (Å²) in [4.78, 5) is 26.2. The van der Waals surface area contributed by atoms with E-state index in [4.69, 9.17) is 16.7 Å². The molecule has 0 spiro atoms. The Morgan fingerprint density at radius 1 is 1.40 bits per heavy atom. The van der Waals surface area contributed by atoms with Gasteiger partial charge in [-0.15, -0.1) is 0 Å². The van der Waals surface area contributed by atoms with Gasteiger partial charge in [0.1, 0.15) is 0 Å². The Hall–Kier alpha value is -2.26. The first kappa shape index (κ1) is 19.1. The summed E-state index contributed by atoms with van der Waals surface area (Å²) in [6, 6.07) is 3.10. The predicted octanol–water partition coefficient (Wildman–Crippen LogP) is 4.49. The number of benzene rings is 1. The van der Waals surface area contributed by atoms with Gasteiger partial charge in [0.2, 0.25) is 0 Å². The lowest BCUT2D eigenvalue weighted by molar-refractivity contribution is -0.137. The van der Waals surface area contributed by atoms with Crippen molar-refractivity contribution in [2.45, 2.75) is 22.5 Å². The summed E-state index contributed by atoms with van der Waals surface area (Å²) < 4.78 is 38.9. The lowest BCUT2D eigenvalue weighted by atomic mass is 10.1. The molecule has 132 valence electrons. The van der Waals surface area contributed by atoms with Crippen LogP contribution < -0.4 is 5.32 Å². The van der Waals surface area contributed by atoms with Crippen molar-refractivity contribution in [1.82, 2.24) is 10.3 Å². The second kappa shape index (κ2) is 7.75. The maximum absolute atomic E-state index is 13.0. The summed E-state index contributed by atoms with van der Waals surface area (Å²) in [5, 5.41) is 10.5. The molecule has 10 heteroatoms. The molecule has 0 aliphatic rings. The molecule has 2 rings (SSSR count). The van der Waals surface area contributed by atoms with Gasteiger partial charge in [0.25, 0.3) is 0 Å². The van der Waals surface area contributed by atoms with E-state index in [1.54, 1.807) is 0 Å². The molecule has 0 radical (unpaired) electrons. The fourth-order valence-electron chi connectivity index (χ4n) is 1.92. The van der Waals surface area contributed by atoms with E-state index in [1.165, 1.54) is 18.5 Å². The van der Waals surface area contributed by atoms with Gasteiger partial charge in [0.05, 0.1) is 10.6 Å². The van der Waals surface area contributed by atoms with E-state index in [-0.39, 0.29) is 27.6 Å². The van der Waals surface area contributed by atoms with Gasteiger partial charge >= 0.3 is 12.3 Å². The van der Waals surface area contributed by atoms with Crippen molar-refractivity contribution in [2.75, 3.05) is 0 Å². The average molecular weight is 391 g/mol. The Balaban J connectivity index is 2.51. The van der Waals surface area contributed by atoms with Crippen molar-refractivity contribution >= 4 is 35.7 Å². The molecule has 0 saturated carbocycles. The zero-order valence-electron chi connectivity index (χ0n) is 12.3. The van der Waals surface area contributed by atoms with Gasteiger partial charge < -0.3 is 10.4 Å². The van der Waals surface area contributed by atoms with Crippen molar-refractivity contribution in [3.8, 4) is 0 Å². The second-order valence-corrected chi connectivity index (χ2v) is 6.20. The lowest BCUT2D eigenvalue weighted by Gasteiger charge is -2.16. The first-order valence-corrected chi connectivity index (χ1v) is 7.85. The molecule has 2 aromatic rings. The molecule has 0 saturated heterocycles. The number of halogens is 4. The van der Waals surface area contributed by atoms with Crippen LogP contribution in [0.5, 0.6) is 0 Å². The van der Waals surface area contributed by atoms with Crippen LogP contribution in [0.2, 0.25) is 5.02 Å². The molecule has 1 heterocycles. The number of alkyl halides is 3. The summed E-state index contributed by atoms with van der Waals surface area (Å²) in [5.74, 6) is 0. The van der Waals surface area contributed by atoms with E-state index in [2.05, 4.69) is 4.98 Å². The zero-order valence-corrected chi connectivity index (χ0v) is 13.9.